The Morgan fingerprint density at radius 1 is 1.11 bits per heavy atom. The van der Waals surface area contributed by atoms with Gasteiger partial charge >= 0.3 is 6.18 Å². The number of aromatic nitrogens is 1. The normalized spacial score (nSPS) is 11.6. The van der Waals surface area contributed by atoms with E-state index < -0.39 is 11.9 Å². The van der Waals surface area contributed by atoms with Gasteiger partial charge in [0.15, 0.2) is 0 Å². The number of hydrogen-bond acceptors (Lipinski definition) is 2. The van der Waals surface area contributed by atoms with Gasteiger partial charge in [0, 0.05) is 16.8 Å². The predicted octanol–water partition coefficient (Wildman–Crippen LogP) is 3.91. The molecule has 0 unspecified atom stereocenters. The van der Waals surface area contributed by atoms with Gasteiger partial charge in [0.05, 0.1) is 6.61 Å². The summed E-state index contributed by atoms with van der Waals surface area (Å²) in [5.74, 6) is 0. The summed E-state index contributed by atoms with van der Waals surface area (Å²) in [4.78, 5) is 3.38. The third-order valence-electron chi connectivity index (χ3n) is 2.61. The summed E-state index contributed by atoms with van der Waals surface area (Å²) in [5, 5.41) is 9.35. The third kappa shape index (κ3) is 3.05. The van der Waals surface area contributed by atoms with Crippen molar-refractivity contribution in [1.29, 1.82) is 0 Å². The number of rotatable bonds is 2. The second kappa shape index (κ2) is 5.19. The summed E-state index contributed by atoms with van der Waals surface area (Å²) < 4.78 is 37.1. The Kier molecular flexibility index (Phi) is 3.78. The standard InChI is InChI=1S/C13H9ClF3NO/c14-11-5-8(1-2-10(11)7-19)9-3-4-12(18-6-9)13(15,16)17/h1-6,19H,7H2. The lowest BCUT2D eigenvalue weighted by atomic mass is 10.1. The molecule has 0 aliphatic rings. The highest BCUT2D eigenvalue weighted by molar-refractivity contribution is 6.31. The summed E-state index contributed by atoms with van der Waals surface area (Å²) in [6, 6.07) is 7.12. The van der Waals surface area contributed by atoms with Gasteiger partial charge in [-0.2, -0.15) is 13.2 Å². The van der Waals surface area contributed by atoms with Crippen LogP contribution < -0.4 is 0 Å². The molecule has 19 heavy (non-hydrogen) atoms. The van der Waals surface area contributed by atoms with Crippen LogP contribution in [0.25, 0.3) is 11.1 Å². The van der Waals surface area contributed by atoms with Gasteiger partial charge < -0.3 is 5.11 Å². The van der Waals surface area contributed by atoms with Crippen molar-refractivity contribution in [3.05, 3.63) is 52.8 Å². The van der Waals surface area contributed by atoms with E-state index >= 15 is 0 Å². The third-order valence-corrected chi connectivity index (χ3v) is 2.96. The molecule has 0 saturated carbocycles. The fraction of sp³-hybridized carbons (Fsp3) is 0.154. The Balaban J connectivity index is 2.35. The molecule has 6 heteroatoms. The Bertz CT molecular complexity index is 581. The van der Waals surface area contributed by atoms with E-state index in [0.717, 1.165) is 12.3 Å². The van der Waals surface area contributed by atoms with Gasteiger partial charge in [0.2, 0.25) is 0 Å². The highest BCUT2D eigenvalue weighted by Gasteiger charge is 2.32. The number of halogens is 4. The minimum Gasteiger partial charge on any atom is -0.392 e. The maximum Gasteiger partial charge on any atom is 0.433 e. The van der Waals surface area contributed by atoms with Crippen LogP contribution in [0.15, 0.2) is 36.5 Å². The summed E-state index contributed by atoms with van der Waals surface area (Å²) in [6.07, 6.45) is -3.30. The molecule has 1 N–H and O–H groups in total. The molecule has 2 aromatic rings. The van der Waals surface area contributed by atoms with E-state index in [9.17, 15) is 13.2 Å². The van der Waals surface area contributed by atoms with Gasteiger partial charge in [-0.25, -0.2) is 0 Å². The van der Waals surface area contributed by atoms with E-state index in [0.29, 0.717) is 21.7 Å². The molecular weight excluding hydrogens is 279 g/mol. The first-order chi connectivity index (χ1) is 8.91. The second-order valence-corrected chi connectivity index (χ2v) is 4.30. The molecular formula is C13H9ClF3NO. The van der Waals surface area contributed by atoms with Crippen molar-refractivity contribution in [2.45, 2.75) is 12.8 Å². The van der Waals surface area contributed by atoms with Gasteiger partial charge in [-0.3, -0.25) is 4.98 Å². The average molecular weight is 288 g/mol. The zero-order chi connectivity index (χ0) is 14.0. The molecule has 0 saturated heterocycles. The summed E-state index contributed by atoms with van der Waals surface area (Å²) in [5.41, 5.74) is 0.794. The van der Waals surface area contributed by atoms with E-state index in [1.807, 2.05) is 0 Å². The average Bonchev–Trinajstić information content (AvgIpc) is 2.38. The summed E-state index contributed by atoms with van der Waals surface area (Å²) >= 11 is 5.92. The lowest BCUT2D eigenvalue weighted by Gasteiger charge is -2.08. The van der Waals surface area contributed by atoms with Crippen LogP contribution in [0.3, 0.4) is 0 Å². The van der Waals surface area contributed by atoms with Crippen molar-refractivity contribution in [1.82, 2.24) is 4.98 Å². The van der Waals surface area contributed by atoms with Crippen molar-refractivity contribution in [2.75, 3.05) is 0 Å². The Hall–Kier alpha value is -1.59. The van der Waals surface area contributed by atoms with E-state index in [2.05, 4.69) is 4.98 Å². The number of alkyl halides is 3. The SMILES string of the molecule is OCc1ccc(-c2ccc(C(F)(F)F)nc2)cc1Cl. The van der Waals surface area contributed by atoms with E-state index in [-0.39, 0.29) is 6.61 Å². The van der Waals surface area contributed by atoms with Crippen LogP contribution in [0.5, 0.6) is 0 Å². The molecule has 0 bridgehead atoms. The Morgan fingerprint density at radius 2 is 1.79 bits per heavy atom. The molecule has 2 rings (SSSR count). The van der Waals surface area contributed by atoms with Gasteiger partial charge in [-0.1, -0.05) is 29.8 Å². The molecule has 0 radical (unpaired) electrons. The number of hydrogen-bond donors (Lipinski definition) is 1. The monoisotopic (exact) mass is 287 g/mol. The quantitative estimate of drug-likeness (QED) is 0.908. The van der Waals surface area contributed by atoms with Crippen LogP contribution in [0.4, 0.5) is 13.2 Å². The van der Waals surface area contributed by atoms with E-state index in [1.165, 1.54) is 6.07 Å². The van der Waals surface area contributed by atoms with Crippen LogP contribution in [0.1, 0.15) is 11.3 Å². The highest BCUT2D eigenvalue weighted by Crippen LogP contribution is 2.30. The van der Waals surface area contributed by atoms with Crippen LogP contribution in [0, 0.1) is 0 Å². The molecule has 0 fully saturated rings. The van der Waals surface area contributed by atoms with Crippen LogP contribution >= 0.6 is 11.6 Å². The first-order valence-corrected chi connectivity index (χ1v) is 5.72. The topological polar surface area (TPSA) is 33.1 Å². The van der Waals surface area contributed by atoms with Crippen molar-refractivity contribution >= 4 is 11.6 Å². The molecule has 0 spiro atoms. The Labute approximate surface area is 112 Å². The predicted molar refractivity (Wildman–Crippen MR) is 65.6 cm³/mol. The summed E-state index contributed by atoms with van der Waals surface area (Å²) in [6.45, 7) is -0.190. The molecule has 2 nitrogen and oxygen atoms in total. The number of aliphatic hydroxyl groups excluding tert-OH is 1. The maximum absolute atomic E-state index is 12.4. The minimum atomic E-state index is -4.45. The van der Waals surface area contributed by atoms with Crippen LogP contribution in [-0.4, -0.2) is 10.1 Å². The van der Waals surface area contributed by atoms with Gasteiger partial charge in [0.25, 0.3) is 0 Å². The van der Waals surface area contributed by atoms with Crippen LogP contribution in [-0.2, 0) is 12.8 Å². The number of nitrogens with zero attached hydrogens (tertiary/aromatic N) is 1. The first-order valence-electron chi connectivity index (χ1n) is 5.34. The van der Waals surface area contributed by atoms with Crippen molar-refractivity contribution in [3.63, 3.8) is 0 Å². The molecule has 1 aromatic heterocycles. The van der Waals surface area contributed by atoms with Crippen molar-refractivity contribution in [2.24, 2.45) is 0 Å². The molecule has 1 aromatic carbocycles. The van der Waals surface area contributed by atoms with Gasteiger partial charge in [0.1, 0.15) is 5.69 Å². The number of benzene rings is 1. The largest absolute Gasteiger partial charge is 0.433 e. The fourth-order valence-electron chi connectivity index (χ4n) is 1.59. The van der Waals surface area contributed by atoms with E-state index in [1.54, 1.807) is 18.2 Å². The number of pyridine rings is 1. The van der Waals surface area contributed by atoms with Gasteiger partial charge in [-0.15, -0.1) is 0 Å². The molecule has 0 atom stereocenters. The van der Waals surface area contributed by atoms with Crippen molar-refractivity contribution < 1.29 is 18.3 Å². The van der Waals surface area contributed by atoms with E-state index in [4.69, 9.17) is 16.7 Å². The number of aliphatic hydroxyl groups is 1. The lowest BCUT2D eigenvalue weighted by molar-refractivity contribution is -0.141. The lowest BCUT2D eigenvalue weighted by Crippen LogP contribution is -2.07. The molecule has 0 amide bonds. The summed E-state index contributed by atoms with van der Waals surface area (Å²) in [7, 11) is 0. The minimum absolute atomic E-state index is 0.190. The molecule has 0 aliphatic heterocycles. The Morgan fingerprint density at radius 3 is 2.26 bits per heavy atom. The molecule has 1 heterocycles. The maximum atomic E-state index is 12.4. The molecule has 0 aliphatic carbocycles. The fourth-order valence-corrected chi connectivity index (χ4v) is 1.83. The first kappa shape index (κ1) is 13.8. The van der Waals surface area contributed by atoms with Crippen molar-refractivity contribution in [3.8, 4) is 11.1 Å². The van der Waals surface area contributed by atoms with Gasteiger partial charge in [-0.05, 0) is 23.3 Å². The smallest absolute Gasteiger partial charge is 0.392 e. The highest BCUT2D eigenvalue weighted by atomic mass is 35.5. The zero-order valence-corrected chi connectivity index (χ0v) is 10.3. The van der Waals surface area contributed by atoms with Crippen LogP contribution in [0.2, 0.25) is 5.02 Å². The second-order valence-electron chi connectivity index (χ2n) is 3.89. The zero-order valence-electron chi connectivity index (χ0n) is 9.58. The molecule has 100 valence electrons.